The highest BCUT2D eigenvalue weighted by Crippen LogP contribution is 2.31. The van der Waals surface area contributed by atoms with Crippen molar-refractivity contribution in [1.29, 1.82) is 0 Å². The molecule has 0 saturated heterocycles. The molecular weight excluding hydrogens is 262 g/mol. The quantitative estimate of drug-likeness (QED) is 0.851. The van der Waals surface area contributed by atoms with Crippen molar-refractivity contribution in [3.05, 3.63) is 41.8 Å². The van der Waals surface area contributed by atoms with Crippen LogP contribution < -0.4 is 5.32 Å². The van der Waals surface area contributed by atoms with E-state index < -0.39 is 17.7 Å². The van der Waals surface area contributed by atoms with Crippen molar-refractivity contribution < 1.29 is 17.6 Å². The standard InChI is InChI=1S/C12H9F4N3/c1-17-11-18-9(6-10(19-11)12(14,15)16)7-2-4-8(13)5-3-7/h2-6H,1H3,(H,17,18,19). The largest absolute Gasteiger partial charge is 0.433 e. The van der Waals surface area contributed by atoms with Crippen LogP contribution in [0.3, 0.4) is 0 Å². The maximum absolute atomic E-state index is 12.8. The van der Waals surface area contributed by atoms with Crippen molar-refractivity contribution in [2.75, 3.05) is 12.4 Å². The molecular formula is C12H9F4N3. The first-order valence-electron chi connectivity index (χ1n) is 5.30. The molecule has 2 rings (SSSR count). The maximum Gasteiger partial charge on any atom is 0.433 e. The number of hydrogen-bond acceptors (Lipinski definition) is 3. The van der Waals surface area contributed by atoms with Crippen molar-refractivity contribution in [2.24, 2.45) is 0 Å². The molecule has 7 heteroatoms. The first kappa shape index (κ1) is 13.3. The van der Waals surface area contributed by atoms with E-state index in [9.17, 15) is 17.6 Å². The minimum atomic E-state index is -4.57. The van der Waals surface area contributed by atoms with Gasteiger partial charge in [-0.15, -0.1) is 0 Å². The summed E-state index contributed by atoms with van der Waals surface area (Å²) < 4.78 is 50.8. The fourth-order valence-electron chi connectivity index (χ4n) is 1.47. The fourth-order valence-corrected chi connectivity index (χ4v) is 1.47. The Morgan fingerprint density at radius 2 is 1.68 bits per heavy atom. The maximum atomic E-state index is 12.8. The highest BCUT2D eigenvalue weighted by Gasteiger charge is 2.33. The van der Waals surface area contributed by atoms with Gasteiger partial charge in [-0.25, -0.2) is 14.4 Å². The van der Waals surface area contributed by atoms with Crippen molar-refractivity contribution in [3.8, 4) is 11.3 Å². The highest BCUT2D eigenvalue weighted by molar-refractivity contribution is 5.60. The number of nitrogens with zero attached hydrogens (tertiary/aromatic N) is 2. The molecule has 0 aliphatic carbocycles. The normalized spacial score (nSPS) is 11.4. The summed E-state index contributed by atoms with van der Waals surface area (Å²) >= 11 is 0. The second-order valence-corrected chi connectivity index (χ2v) is 3.72. The Morgan fingerprint density at radius 1 is 1.05 bits per heavy atom. The number of aromatic nitrogens is 2. The van der Waals surface area contributed by atoms with Gasteiger partial charge in [0.2, 0.25) is 5.95 Å². The smallest absolute Gasteiger partial charge is 0.357 e. The van der Waals surface area contributed by atoms with Gasteiger partial charge in [0.15, 0.2) is 5.69 Å². The van der Waals surface area contributed by atoms with Crippen LogP contribution in [-0.2, 0) is 6.18 Å². The van der Waals surface area contributed by atoms with Gasteiger partial charge in [-0.2, -0.15) is 13.2 Å². The number of anilines is 1. The van der Waals surface area contributed by atoms with Gasteiger partial charge >= 0.3 is 6.18 Å². The summed E-state index contributed by atoms with van der Waals surface area (Å²) in [5.74, 6) is -0.614. The van der Waals surface area contributed by atoms with Crippen LogP contribution in [0.2, 0.25) is 0 Å². The first-order valence-corrected chi connectivity index (χ1v) is 5.30. The SMILES string of the molecule is CNc1nc(-c2ccc(F)cc2)cc(C(F)(F)F)n1. The van der Waals surface area contributed by atoms with Crippen LogP contribution in [0.25, 0.3) is 11.3 Å². The van der Waals surface area contributed by atoms with Gasteiger partial charge in [0.05, 0.1) is 5.69 Å². The number of halogens is 4. The Bertz CT molecular complexity index is 579. The summed E-state index contributed by atoms with van der Waals surface area (Å²) in [6, 6.07) is 5.86. The van der Waals surface area contributed by atoms with E-state index in [0.29, 0.717) is 5.56 Å². The molecule has 0 radical (unpaired) electrons. The highest BCUT2D eigenvalue weighted by atomic mass is 19.4. The Hall–Kier alpha value is -2.18. The number of benzene rings is 1. The molecule has 0 aliphatic heterocycles. The van der Waals surface area contributed by atoms with Crippen LogP contribution >= 0.6 is 0 Å². The van der Waals surface area contributed by atoms with Crippen LogP contribution in [-0.4, -0.2) is 17.0 Å². The van der Waals surface area contributed by atoms with Crippen LogP contribution in [0.15, 0.2) is 30.3 Å². The van der Waals surface area contributed by atoms with Gasteiger partial charge < -0.3 is 5.32 Å². The molecule has 1 N–H and O–H groups in total. The zero-order valence-electron chi connectivity index (χ0n) is 9.79. The molecule has 0 aliphatic rings. The first-order chi connectivity index (χ1) is 8.90. The van der Waals surface area contributed by atoms with Crippen LogP contribution in [0, 0.1) is 5.82 Å². The van der Waals surface area contributed by atoms with Crippen LogP contribution in [0.1, 0.15) is 5.69 Å². The van der Waals surface area contributed by atoms with Gasteiger partial charge in [-0.3, -0.25) is 0 Å². The lowest BCUT2D eigenvalue weighted by atomic mass is 10.1. The van der Waals surface area contributed by atoms with Gasteiger partial charge in [0.25, 0.3) is 0 Å². The Morgan fingerprint density at radius 3 is 2.21 bits per heavy atom. The molecule has 1 aromatic carbocycles. The third-order valence-electron chi connectivity index (χ3n) is 2.38. The Balaban J connectivity index is 2.54. The van der Waals surface area contributed by atoms with Gasteiger partial charge in [-0.1, -0.05) is 0 Å². The summed E-state index contributed by atoms with van der Waals surface area (Å²) in [5, 5.41) is 2.46. The number of nitrogens with one attached hydrogen (secondary N) is 1. The van der Waals surface area contributed by atoms with E-state index >= 15 is 0 Å². The molecule has 19 heavy (non-hydrogen) atoms. The molecule has 0 spiro atoms. The van der Waals surface area contributed by atoms with E-state index in [1.807, 2.05) is 0 Å². The molecule has 100 valence electrons. The molecule has 0 saturated carbocycles. The zero-order chi connectivity index (χ0) is 14.0. The average Bonchev–Trinajstić information content (AvgIpc) is 2.38. The molecule has 0 fully saturated rings. The van der Waals surface area contributed by atoms with E-state index in [2.05, 4.69) is 15.3 Å². The molecule has 0 amide bonds. The summed E-state index contributed by atoms with van der Waals surface area (Å²) in [4.78, 5) is 7.27. The average molecular weight is 271 g/mol. The minimum absolute atomic E-state index is 0.0756. The van der Waals surface area contributed by atoms with E-state index in [1.54, 1.807) is 0 Å². The number of hydrogen-bond donors (Lipinski definition) is 1. The summed E-state index contributed by atoms with van der Waals surface area (Å²) in [5.41, 5.74) is -0.594. The van der Waals surface area contributed by atoms with Gasteiger partial charge in [0, 0.05) is 12.6 Å². The second-order valence-electron chi connectivity index (χ2n) is 3.72. The fraction of sp³-hybridized carbons (Fsp3) is 0.167. The predicted molar refractivity (Wildman–Crippen MR) is 62.0 cm³/mol. The minimum Gasteiger partial charge on any atom is -0.357 e. The van der Waals surface area contributed by atoms with Gasteiger partial charge in [0.1, 0.15) is 5.82 Å². The monoisotopic (exact) mass is 271 g/mol. The van der Waals surface area contributed by atoms with Crippen LogP contribution in [0.4, 0.5) is 23.5 Å². The zero-order valence-corrected chi connectivity index (χ0v) is 9.79. The third kappa shape index (κ3) is 2.98. The number of rotatable bonds is 2. The topological polar surface area (TPSA) is 37.8 Å². The van der Waals surface area contributed by atoms with Crippen molar-refractivity contribution in [3.63, 3.8) is 0 Å². The molecule has 2 aromatic rings. The molecule has 1 heterocycles. The van der Waals surface area contributed by atoms with E-state index in [1.165, 1.54) is 19.2 Å². The lowest BCUT2D eigenvalue weighted by Crippen LogP contribution is -2.11. The van der Waals surface area contributed by atoms with Gasteiger partial charge in [-0.05, 0) is 30.3 Å². The van der Waals surface area contributed by atoms with E-state index in [-0.39, 0.29) is 11.6 Å². The van der Waals surface area contributed by atoms with Crippen LogP contribution in [0.5, 0.6) is 0 Å². The van der Waals surface area contributed by atoms with Crippen molar-refractivity contribution in [1.82, 2.24) is 9.97 Å². The third-order valence-corrected chi connectivity index (χ3v) is 2.38. The molecule has 0 unspecified atom stereocenters. The Labute approximate surface area is 106 Å². The summed E-state index contributed by atoms with van der Waals surface area (Å²) in [6.07, 6.45) is -4.57. The molecule has 0 atom stereocenters. The van der Waals surface area contributed by atoms with E-state index in [4.69, 9.17) is 0 Å². The molecule has 1 aromatic heterocycles. The summed E-state index contributed by atoms with van der Waals surface area (Å²) in [6.45, 7) is 0. The van der Waals surface area contributed by atoms with Crippen molar-refractivity contribution >= 4 is 5.95 Å². The lowest BCUT2D eigenvalue weighted by Gasteiger charge is -2.10. The lowest BCUT2D eigenvalue weighted by molar-refractivity contribution is -0.141. The predicted octanol–water partition coefficient (Wildman–Crippen LogP) is 3.34. The van der Waals surface area contributed by atoms with E-state index in [0.717, 1.165) is 18.2 Å². The van der Waals surface area contributed by atoms with Crippen molar-refractivity contribution in [2.45, 2.75) is 6.18 Å². The molecule has 3 nitrogen and oxygen atoms in total. The second kappa shape index (κ2) is 4.83. The molecule has 0 bridgehead atoms. The summed E-state index contributed by atoms with van der Waals surface area (Å²) in [7, 11) is 1.42. The Kier molecular flexibility index (Phi) is 3.37. The number of alkyl halides is 3.